The maximum absolute atomic E-state index is 12.0. The van der Waals surface area contributed by atoms with E-state index < -0.39 is 0 Å². The Kier molecular flexibility index (Phi) is 6.84. The summed E-state index contributed by atoms with van der Waals surface area (Å²) in [5.41, 5.74) is 1.32. The number of amides is 1. The standard InChI is InChI=1S/C15H23NO4S/c1-6-20-15(18)13-10(3)11(4)21-14(13)16-12(17)7-9(2)8-19-5/h9H,6-8H2,1-5H3,(H,16,17). The van der Waals surface area contributed by atoms with Crippen LogP contribution in [0.5, 0.6) is 0 Å². The number of methoxy groups -OCH3 is 1. The molecule has 0 fully saturated rings. The molecule has 21 heavy (non-hydrogen) atoms. The Labute approximate surface area is 129 Å². The van der Waals surface area contributed by atoms with Gasteiger partial charge in [0.25, 0.3) is 0 Å². The smallest absolute Gasteiger partial charge is 0.341 e. The molecule has 1 N–H and O–H groups in total. The lowest BCUT2D eigenvalue weighted by Gasteiger charge is -2.11. The molecule has 0 saturated carbocycles. The van der Waals surface area contributed by atoms with Crippen LogP contribution in [0.15, 0.2) is 0 Å². The molecule has 1 heterocycles. The summed E-state index contributed by atoms with van der Waals surface area (Å²) in [6.07, 6.45) is 0.353. The summed E-state index contributed by atoms with van der Waals surface area (Å²) in [7, 11) is 1.61. The highest BCUT2D eigenvalue weighted by molar-refractivity contribution is 7.16. The Morgan fingerprint density at radius 2 is 2.00 bits per heavy atom. The summed E-state index contributed by atoms with van der Waals surface area (Å²) in [5.74, 6) is -0.380. The Balaban J connectivity index is 2.85. The maximum atomic E-state index is 12.0. The van der Waals surface area contributed by atoms with Crippen LogP contribution in [-0.2, 0) is 14.3 Å². The van der Waals surface area contributed by atoms with Crippen molar-refractivity contribution in [2.45, 2.75) is 34.1 Å². The first kappa shape index (κ1) is 17.7. The zero-order chi connectivity index (χ0) is 16.0. The third-order valence-electron chi connectivity index (χ3n) is 3.10. The van der Waals surface area contributed by atoms with Gasteiger partial charge in [0.1, 0.15) is 5.00 Å². The highest BCUT2D eigenvalue weighted by atomic mass is 32.1. The van der Waals surface area contributed by atoms with Crippen LogP contribution in [0.25, 0.3) is 0 Å². The molecule has 1 aromatic heterocycles. The zero-order valence-corrected chi connectivity index (χ0v) is 14.1. The van der Waals surface area contributed by atoms with E-state index in [0.717, 1.165) is 10.4 Å². The first-order valence-electron chi connectivity index (χ1n) is 6.96. The SMILES string of the molecule is CCOC(=O)c1c(NC(=O)CC(C)COC)sc(C)c1C. The second-order valence-electron chi connectivity index (χ2n) is 5.02. The van der Waals surface area contributed by atoms with Crippen molar-refractivity contribution in [2.75, 3.05) is 25.6 Å². The molecule has 118 valence electrons. The number of hydrogen-bond acceptors (Lipinski definition) is 5. The van der Waals surface area contributed by atoms with E-state index in [9.17, 15) is 9.59 Å². The van der Waals surface area contributed by atoms with Gasteiger partial charge in [0.05, 0.1) is 12.2 Å². The van der Waals surface area contributed by atoms with Crippen LogP contribution in [0.4, 0.5) is 5.00 Å². The van der Waals surface area contributed by atoms with Gasteiger partial charge in [0.2, 0.25) is 5.91 Å². The summed E-state index contributed by atoms with van der Waals surface area (Å²) in [4.78, 5) is 25.1. The van der Waals surface area contributed by atoms with Crippen molar-refractivity contribution in [3.8, 4) is 0 Å². The van der Waals surface area contributed by atoms with Crippen molar-refractivity contribution in [1.82, 2.24) is 0 Å². The van der Waals surface area contributed by atoms with E-state index in [-0.39, 0.29) is 17.8 Å². The number of ether oxygens (including phenoxy) is 2. The predicted molar refractivity (Wildman–Crippen MR) is 84.0 cm³/mol. The number of hydrogen-bond donors (Lipinski definition) is 1. The minimum atomic E-state index is -0.389. The molecule has 0 aliphatic heterocycles. The quantitative estimate of drug-likeness (QED) is 0.785. The molecule has 0 radical (unpaired) electrons. The summed E-state index contributed by atoms with van der Waals surface area (Å²) in [6, 6.07) is 0. The molecule has 5 nitrogen and oxygen atoms in total. The Bertz CT molecular complexity index is 510. The number of nitrogens with one attached hydrogen (secondary N) is 1. The van der Waals surface area contributed by atoms with E-state index in [1.54, 1.807) is 14.0 Å². The van der Waals surface area contributed by atoms with Gasteiger partial charge in [-0.3, -0.25) is 4.79 Å². The maximum Gasteiger partial charge on any atom is 0.341 e. The molecule has 0 aliphatic carbocycles. The fourth-order valence-corrected chi connectivity index (χ4v) is 3.07. The number of carbonyl (C=O) groups excluding carboxylic acids is 2. The molecule has 1 unspecified atom stereocenters. The van der Waals surface area contributed by atoms with E-state index >= 15 is 0 Å². The molecule has 0 saturated heterocycles. The molecule has 6 heteroatoms. The van der Waals surface area contributed by atoms with E-state index in [0.29, 0.717) is 30.2 Å². The van der Waals surface area contributed by atoms with Gasteiger partial charge >= 0.3 is 5.97 Å². The number of aryl methyl sites for hydroxylation is 1. The van der Waals surface area contributed by atoms with Gasteiger partial charge in [0.15, 0.2) is 0 Å². The molecule has 0 spiro atoms. The molecular weight excluding hydrogens is 290 g/mol. The lowest BCUT2D eigenvalue weighted by atomic mass is 10.1. The minimum absolute atomic E-state index is 0.119. The topological polar surface area (TPSA) is 64.6 Å². The second kappa shape index (κ2) is 8.14. The Morgan fingerprint density at radius 3 is 2.57 bits per heavy atom. The normalized spacial score (nSPS) is 12.0. The molecule has 0 bridgehead atoms. The number of carbonyl (C=O) groups is 2. The molecule has 0 aromatic carbocycles. The molecule has 1 aromatic rings. The first-order valence-corrected chi connectivity index (χ1v) is 7.78. The van der Waals surface area contributed by atoms with E-state index in [1.807, 2.05) is 20.8 Å². The van der Waals surface area contributed by atoms with Gasteiger partial charge < -0.3 is 14.8 Å². The van der Waals surface area contributed by atoms with Crippen molar-refractivity contribution >= 4 is 28.2 Å². The van der Waals surface area contributed by atoms with Crippen LogP contribution < -0.4 is 5.32 Å². The van der Waals surface area contributed by atoms with Crippen molar-refractivity contribution in [1.29, 1.82) is 0 Å². The fourth-order valence-electron chi connectivity index (χ4n) is 2.00. The van der Waals surface area contributed by atoms with Crippen LogP contribution in [0.1, 0.15) is 41.1 Å². The van der Waals surface area contributed by atoms with Gasteiger partial charge in [-0.15, -0.1) is 11.3 Å². The zero-order valence-electron chi connectivity index (χ0n) is 13.2. The highest BCUT2D eigenvalue weighted by Crippen LogP contribution is 2.33. The van der Waals surface area contributed by atoms with Crippen LogP contribution in [0.2, 0.25) is 0 Å². The monoisotopic (exact) mass is 313 g/mol. The van der Waals surface area contributed by atoms with Crippen LogP contribution >= 0.6 is 11.3 Å². The van der Waals surface area contributed by atoms with E-state index in [2.05, 4.69) is 5.32 Å². The van der Waals surface area contributed by atoms with Crippen molar-refractivity contribution in [2.24, 2.45) is 5.92 Å². The summed E-state index contributed by atoms with van der Waals surface area (Å²) in [6.45, 7) is 8.33. The predicted octanol–water partition coefficient (Wildman–Crippen LogP) is 3.15. The first-order chi connectivity index (χ1) is 9.90. The average molecular weight is 313 g/mol. The fraction of sp³-hybridized carbons (Fsp3) is 0.600. The van der Waals surface area contributed by atoms with Crippen LogP contribution in [0, 0.1) is 19.8 Å². The van der Waals surface area contributed by atoms with Crippen molar-refractivity contribution in [3.63, 3.8) is 0 Å². The summed E-state index contributed by atoms with van der Waals surface area (Å²) in [5, 5.41) is 3.39. The number of rotatable bonds is 7. The largest absolute Gasteiger partial charge is 0.462 e. The Morgan fingerprint density at radius 1 is 1.33 bits per heavy atom. The van der Waals surface area contributed by atoms with E-state index in [4.69, 9.17) is 9.47 Å². The molecule has 1 rings (SSSR count). The third-order valence-corrected chi connectivity index (χ3v) is 4.23. The molecule has 1 amide bonds. The van der Waals surface area contributed by atoms with Crippen LogP contribution in [0.3, 0.4) is 0 Å². The summed E-state index contributed by atoms with van der Waals surface area (Å²) >= 11 is 1.40. The molecule has 0 aliphatic rings. The average Bonchev–Trinajstić information content (AvgIpc) is 2.64. The minimum Gasteiger partial charge on any atom is -0.462 e. The van der Waals surface area contributed by atoms with Gasteiger partial charge in [-0.1, -0.05) is 6.92 Å². The van der Waals surface area contributed by atoms with E-state index in [1.165, 1.54) is 11.3 Å². The van der Waals surface area contributed by atoms with Gasteiger partial charge in [-0.25, -0.2) is 4.79 Å². The Hall–Kier alpha value is -1.40. The third kappa shape index (κ3) is 4.82. The highest BCUT2D eigenvalue weighted by Gasteiger charge is 2.22. The lowest BCUT2D eigenvalue weighted by Crippen LogP contribution is -2.18. The van der Waals surface area contributed by atoms with Gasteiger partial charge in [0, 0.05) is 25.0 Å². The van der Waals surface area contributed by atoms with Crippen molar-refractivity contribution < 1.29 is 19.1 Å². The van der Waals surface area contributed by atoms with Crippen LogP contribution in [-0.4, -0.2) is 32.2 Å². The lowest BCUT2D eigenvalue weighted by molar-refractivity contribution is -0.117. The number of esters is 1. The van der Waals surface area contributed by atoms with Crippen molar-refractivity contribution in [3.05, 3.63) is 16.0 Å². The van der Waals surface area contributed by atoms with Gasteiger partial charge in [-0.05, 0) is 32.3 Å². The van der Waals surface area contributed by atoms with Gasteiger partial charge in [-0.2, -0.15) is 0 Å². The molecular formula is C15H23NO4S. The summed E-state index contributed by atoms with van der Waals surface area (Å²) < 4.78 is 10.1. The number of anilines is 1. The second-order valence-corrected chi connectivity index (χ2v) is 6.25. The number of thiophene rings is 1. The molecule has 1 atom stereocenters.